The third-order valence-corrected chi connectivity index (χ3v) is 2.78. The van der Waals surface area contributed by atoms with Crippen molar-refractivity contribution in [2.75, 3.05) is 0 Å². The normalized spacial score (nSPS) is 11.9. The van der Waals surface area contributed by atoms with Crippen LogP contribution in [0.1, 0.15) is 5.56 Å². The molecule has 0 amide bonds. The fourth-order valence-corrected chi connectivity index (χ4v) is 1.91. The zero-order valence-corrected chi connectivity index (χ0v) is 9.86. The number of hydrogen-bond donors (Lipinski definition) is 1. The number of alkyl halides is 3. The lowest BCUT2D eigenvalue weighted by molar-refractivity contribution is -0.136. The number of aromatic amines is 1. The van der Waals surface area contributed by atoms with Gasteiger partial charge in [0.25, 0.3) is 0 Å². The van der Waals surface area contributed by atoms with Crippen molar-refractivity contribution in [2.45, 2.75) is 6.18 Å². The Hall–Kier alpha value is -2.57. The highest BCUT2D eigenvalue weighted by Crippen LogP contribution is 2.35. The second-order valence-electron chi connectivity index (χ2n) is 4.11. The molecule has 1 aromatic carbocycles. The number of rotatable bonds is 1. The van der Waals surface area contributed by atoms with E-state index in [-0.39, 0.29) is 11.4 Å². The summed E-state index contributed by atoms with van der Waals surface area (Å²) in [5, 5.41) is 0. The van der Waals surface area contributed by atoms with E-state index in [4.69, 9.17) is 0 Å². The highest BCUT2D eigenvalue weighted by atomic mass is 19.4. The summed E-state index contributed by atoms with van der Waals surface area (Å²) in [6.45, 7) is 0. The molecule has 7 heteroatoms. The quantitative estimate of drug-likeness (QED) is 0.744. The van der Waals surface area contributed by atoms with Gasteiger partial charge in [0, 0.05) is 5.56 Å². The number of oxazole rings is 1. The average Bonchev–Trinajstić information content (AvgIpc) is 2.77. The Morgan fingerprint density at radius 2 is 1.85 bits per heavy atom. The molecule has 2 aromatic heterocycles. The molecule has 0 radical (unpaired) electrons. The van der Waals surface area contributed by atoms with Gasteiger partial charge in [0.1, 0.15) is 5.52 Å². The van der Waals surface area contributed by atoms with Crippen LogP contribution in [0, 0.1) is 0 Å². The minimum atomic E-state index is -4.61. The molecular weight excluding hydrogens is 273 g/mol. The highest BCUT2D eigenvalue weighted by Gasteiger charge is 2.35. The Morgan fingerprint density at radius 3 is 2.50 bits per heavy atom. The number of aromatic nitrogens is 2. The molecule has 20 heavy (non-hydrogen) atoms. The van der Waals surface area contributed by atoms with E-state index in [9.17, 15) is 18.0 Å². The molecule has 0 aliphatic rings. The number of fused-ring (bicyclic) bond motifs is 1. The number of nitrogens with one attached hydrogen (secondary N) is 1. The molecule has 3 aromatic rings. The summed E-state index contributed by atoms with van der Waals surface area (Å²) in [4.78, 5) is 17.0. The molecule has 0 atom stereocenters. The molecule has 0 spiro atoms. The maximum absolute atomic E-state index is 13.0. The lowest BCUT2D eigenvalue weighted by Gasteiger charge is -2.09. The minimum absolute atomic E-state index is 0.0909. The van der Waals surface area contributed by atoms with E-state index < -0.39 is 23.0 Å². The van der Waals surface area contributed by atoms with Crippen molar-refractivity contribution in [3.63, 3.8) is 0 Å². The topological polar surface area (TPSA) is 58.9 Å². The highest BCUT2D eigenvalue weighted by molar-refractivity contribution is 5.77. The Balaban J connectivity index is 2.34. The van der Waals surface area contributed by atoms with E-state index in [1.54, 1.807) is 30.3 Å². The first kappa shape index (κ1) is 12.5. The summed E-state index contributed by atoms with van der Waals surface area (Å²) in [6.07, 6.45) is -4.61. The molecule has 2 heterocycles. The number of hydrogen-bond acceptors (Lipinski definition) is 3. The van der Waals surface area contributed by atoms with Gasteiger partial charge in [-0.15, -0.1) is 0 Å². The van der Waals surface area contributed by atoms with E-state index in [2.05, 4.69) is 9.40 Å². The van der Waals surface area contributed by atoms with Gasteiger partial charge < -0.3 is 4.42 Å². The molecular formula is C13H7F3N2O2. The number of H-pyrrole nitrogens is 1. The average molecular weight is 280 g/mol. The van der Waals surface area contributed by atoms with Crippen LogP contribution < -0.4 is 5.76 Å². The zero-order chi connectivity index (χ0) is 14.3. The van der Waals surface area contributed by atoms with E-state index in [0.717, 1.165) is 6.07 Å². The van der Waals surface area contributed by atoms with E-state index in [1.807, 2.05) is 4.98 Å². The Morgan fingerprint density at radius 1 is 1.15 bits per heavy atom. The van der Waals surface area contributed by atoms with Gasteiger partial charge in [0.15, 0.2) is 0 Å². The molecule has 0 fully saturated rings. The summed E-state index contributed by atoms with van der Waals surface area (Å²) in [5.41, 5.74) is -1.19. The summed E-state index contributed by atoms with van der Waals surface area (Å²) >= 11 is 0. The van der Waals surface area contributed by atoms with Crippen molar-refractivity contribution >= 4 is 11.2 Å². The first-order chi connectivity index (χ1) is 9.45. The first-order valence-electron chi connectivity index (χ1n) is 5.61. The smallest absolute Gasteiger partial charge is 0.389 e. The van der Waals surface area contributed by atoms with Gasteiger partial charge in [0.2, 0.25) is 5.71 Å². The maximum Gasteiger partial charge on any atom is 0.418 e. The van der Waals surface area contributed by atoms with Gasteiger partial charge in [0.05, 0.1) is 11.3 Å². The van der Waals surface area contributed by atoms with Crippen LogP contribution >= 0.6 is 0 Å². The van der Waals surface area contributed by atoms with Gasteiger partial charge in [-0.25, -0.2) is 9.78 Å². The molecule has 4 nitrogen and oxygen atoms in total. The molecule has 102 valence electrons. The predicted octanol–water partition coefficient (Wildman–Crippen LogP) is 3.20. The van der Waals surface area contributed by atoms with Crippen LogP contribution in [0.4, 0.5) is 13.2 Å². The molecule has 0 bridgehead atoms. The fourth-order valence-electron chi connectivity index (χ4n) is 1.91. The largest absolute Gasteiger partial charge is 0.418 e. The molecule has 0 unspecified atom stereocenters. The number of halogens is 3. The van der Waals surface area contributed by atoms with Crippen molar-refractivity contribution < 1.29 is 17.6 Å². The second-order valence-corrected chi connectivity index (χ2v) is 4.11. The molecule has 0 aliphatic carbocycles. The molecule has 3 rings (SSSR count). The fraction of sp³-hybridized carbons (Fsp3) is 0.0769. The van der Waals surface area contributed by atoms with Crippen molar-refractivity contribution in [3.8, 4) is 11.3 Å². The lowest BCUT2D eigenvalue weighted by atomic mass is 10.1. The second kappa shape index (κ2) is 4.22. The van der Waals surface area contributed by atoms with Crippen molar-refractivity contribution in [2.24, 2.45) is 0 Å². The predicted molar refractivity (Wildman–Crippen MR) is 65.1 cm³/mol. The van der Waals surface area contributed by atoms with Crippen LogP contribution in [0.25, 0.3) is 22.5 Å². The molecule has 0 saturated carbocycles. The van der Waals surface area contributed by atoms with Crippen molar-refractivity contribution in [3.05, 3.63) is 52.5 Å². The third-order valence-electron chi connectivity index (χ3n) is 2.78. The van der Waals surface area contributed by atoms with E-state index in [0.29, 0.717) is 5.56 Å². The van der Waals surface area contributed by atoms with Crippen molar-refractivity contribution in [1.82, 2.24) is 9.97 Å². The van der Waals surface area contributed by atoms with Crippen LogP contribution in [0.3, 0.4) is 0 Å². The van der Waals surface area contributed by atoms with Crippen LogP contribution in [0.2, 0.25) is 0 Å². The van der Waals surface area contributed by atoms with Gasteiger partial charge in [-0.2, -0.15) is 13.2 Å². The zero-order valence-electron chi connectivity index (χ0n) is 9.86. The van der Waals surface area contributed by atoms with Crippen LogP contribution in [-0.4, -0.2) is 9.97 Å². The van der Waals surface area contributed by atoms with Crippen LogP contribution in [0.15, 0.2) is 45.6 Å². The van der Waals surface area contributed by atoms with Gasteiger partial charge in [-0.1, -0.05) is 30.3 Å². The van der Waals surface area contributed by atoms with Crippen LogP contribution in [-0.2, 0) is 6.18 Å². The summed E-state index contributed by atoms with van der Waals surface area (Å²) in [5.74, 6) is -0.969. The van der Waals surface area contributed by atoms with Gasteiger partial charge in [-0.3, -0.25) is 4.98 Å². The standard InChI is InChI=1S/C13H7F3N2O2/c14-13(15,16)8-6-9(7-4-2-1-3-5-7)17-11-10(8)18-12(19)20-11/h1-6H,(H,18,19). The third kappa shape index (κ3) is 2.07. The first-order valence-corrected chi connectivity index (χ1v) is 5.61. The van der Waals surface area contributed by atoms with Gasteiger partial charge in [-0.05, 0) is 6.07 Å². The monoisotopic (exact) mass is 280 g/mol. The number of benzene rings is 1. The SMILES string of the molecule is O=c1[nH]c2c(C(F)(F)F)cc(-c3ccccc3)nc2o1. The number of nitrogens with zero attached hydrogens (tertiary/aromatic N) is 1. The van der Waals surface area contributed by atoms with Gasteiger partial charge >= 0.3 is 11.9 Å². The van der Waals surface area contributed by atoms with Crippen LogP contribution in [0.5, 0.6) is 0 Å². The lowest BCUT2D eigenvalue weighted by Crippen LogP contribution is -2.07. The van der Waals surface area contributed by atoms with Crippen molar-refractivity contribution in [1.29, 1.82) is 0 Å². The summed E-state index contributed by atoms with van der Waals surface area (Å²) < 4.78 is 43.7. The van der Waals surface area contributed by atoms with E-state index in [1.165, 1.54) is 0 Å². The maximum atomic E-state index is 13.0. The Bertz CT molecular complexity index is 819. The molecule has 0 aliphatic heterocycles. The summed E-state index contributed by atoms with van der Waals surface area (Å²) in [7, 11) is 0. The van der Waals surface area contributed by atoms with E-state index >= 15 is 0 Å². The minimum Gasteiger partial charge on any atom is -0.389 e. The molecule has 1 N–H and O–H groups in total. The Kier molecular flexibility index (Phi) is 2.63. The Labute approximate surface area is 109 Å². The molecule has 0 saturated heterocycles. The number of pyridine rings is 1. The summed E-state index contributed by atoms with van der Waals surface area (Å²) in [6, 6.07) is 9.24.